The molecule has 0 fully saturated rings. The first kappa shape index (κ1) is 10.8. The van der Waals surface area contributed by atoms with Crippen LogP contribution >= 0.6 is 0 Å². The van der Waals surface area contributed by atoms with Crippen LogP contribution in [0.3, 0.4) is 0 Å². The maximum Gasteiger partial charge on any atom is 0.166 e. The largest absolute Gasteiger partial charge is 0.507 e. The van der Waals surface area contributed by atoms with Crippen molar-refractivity contribution in [3.63, 3.8) is 0 Å². The molecule has 0 aliphatic heterocycles. The number of rotatable bonds is 3. The molecule has 1 rings (SSSR count). The van der Waals surface area contributed by atoms with Crippen LogP contribution in [0.1, 0.15) is 49.0 Å². The fraction of sp³-hybridized carbons (Fsp3) is 0.417. The van der Waals surface area contributed by atoms with Crippen molar-refractivity contribution in [2.75, 3.05) is 0 Å². The zero-order chi connectivity index (χ0) is 10.7. The minimum absolute atomic E-state index is 0.00926. The highest BCUT2D eigenvalue weighted by Crippen LogP contribution is 2.29. The molecule has 0 atom stereocenters. The van der Waals surface area contributed by atoms with Gasteiger partial charge in [0.1, 0.15) is 5.75 Å². The van der Waals surface area contributed by atoms with Gasteiger partial charge < -0.3 is 5.11 Å². The third-order valence-corrected chi connectivity index (χ3v) is 2.31. The van der Waals surface area contributed by atoms with E-state index in [4.69, 9.17) is 0 Å². The molecule has 14 heavy (non-hydrogen) atoms. The van der Waals surface area contributed by atoms with Gasteiger partial charge in [-0.1, -0.05) is 32.9 Å². The number of Topliss-reactive ketones (excluding diaryl/α,β-unsaturated/α-hetero) is 1. The molecule has 0 saturated heterocycles. The lowest BCUT2D eigenvalue weighted by Gasteiger charge is -2.10. The van der Waals surface area contributed by atoms with Gasteiger partial charge in [-0.3, -0.25) is 4.79 Å². The number of hydrogen-bond donors (Lipinski definition) is 1. The maximum absolute atomic E-state index is 11.4. The summed E-state index contributed by atoms with van der Waals surface area (Å²) in [4.78, 5) is 11.4. The first-order valence-electron chi connectivity index (χ1n) is 4.93. The highest BCUT2D eigenvalue weighted by Gasteiger charge is 2.13. The Kier molecular flexibility index (Phi) is 3.28. The van der Waals surface area contributed by atoms with Crippen LogP contribution in [0.2, 0.25) is 0 Å². The number of aromatic hydroxyl groups is 1. The van der Waals surface area contributed by atoms with Crippen molar-refractivity contribution >= 4 is 5.78 Å². The van der Waals surface area contributed by atoms with Crippen molar-refractivity contribution < 1.29 is 9.90 Å². The van der Waals surface area contributed by atoms with Crippen molar-refractivity contribution in [2.24, 2.45) is 0 Å². The van der Waals surface area contributed by atoms with Gasteiger partial charge in [0.25, 0.3) is 0 Å². The summed E-state index contributed by atoms with van der Waals surface area (Å²) < 4.78 is 0. The van der Waals surface area contributed by atoms with Crippen molar-refractivity contribution in [1.29, 1.82) is 0 Å². The van der Waals surface area contributed by atoms with Crippen molar-refractivity contribution in [2.45, 2.75) is 33.1 Å². The van der Waals surface area contributed by atoms with Crippen LogP contribution in [0.4, 0.5) is 0 Å². The van der Waals surface area contributed by atoms with Crippen molar-refractivity contribution in [3.8, 4) is 5.75 Å². The molecular weight excluding hydrogens is 176 g/mol. The van der Waals surface area contributed by atoms with Gasteiger partial charge in [0.2, 0.25) is 0 Å². The van der Waals surface area contributed by atoms with Gasteiger partial charge in [-0.2, -0.15) is 0 Å². The summed E-state index contributed by atoms with van der Waals surface area (Å²) in [6.45, 7) is 5.79. The van der Waals surface area contributed by atoms with E-state index < -0.39 is 0 Å². The van der Waals surface area contributed by atoms with Gasteiger partial charge in [0, 0.05) is 6.42 Å². The van der Waals surface area contributed by atoms with E-state index in [1.54, 1.807) is 13.0 Å². The Labute approximate surface area is 84.6 Å². The summed E-state index contributed by atoms with van der Waals surface area (Å²) >= 11 is 0. The molecule has 0 unspecified atom stereocenters. The fourth-order valence-corrected chi connectivity index (χ4v) is 1.44. The van der Waals surface area contributed by atoms with Gasteiger partial charge in [-0.05, 0) is 17.5 Å². The third-order valence-electron chi connectivity index (χ3n) is 2.31. The maximum atomic E-state index is 11.4. The zero-order valence-electron chi connectivity index (χ0n) is 8.87. The quantitative estimate of drug-likeness (QED) is 0.747. The lowest BCUT2D eigenvalue weighted by molar-refractivity contribution is 0.0985. The molecule has 76 valence electrons. The molecule has 0 aliphatic rings. The van der Waals surface area contributed by atoms with Gasteiger partial charge in [0.05, 0.1) is 5.56 Å². The molecule has 0 amide bonds. The van der Waals surface area contributed by atoms with E-state index >= 15 is 0 Å². The van der Waals surface area contributed by atoms with Gasteiger partial charge in [0.15, 0.2) is 5.78 Å². The van der Waals surface area contributed by atoms with Crippen LogP contribution in [0.5, 0.6) is 5.75 Å². The second-order valence-electron chi connectivity index (χ2n) is 3.67. The van der Waals surface area contributed by atoms with E-state index in [-0.39, 0.29) is 17.5 Å². The number of hydrogen-bond acceptors (Lipinski definition) is 2. The highest BCUT2D eigenvalue weighted by atomic mass is 16.3. The zero-order valence-corrected chi connectivity index (χ0v) is 8.87. The summed E-state index contributed by atoms with van der Waals surface area (Å²) in [7, 11) is 0. The predicted octanol–water partition coefficient (Wildman–Crippen LogP) is 3.11. The number of phenolic OH excluding ortho intramolecular Hbond substituents is 1. The highest BCUT2D eigenvalue weighted by molar-refractivity contribution is 5.98. The molecule has 0 radical (unpaired) electrons. The average Bonchev–Trinajstić information content (AvgIpc) is 2.16. The second kappa shape index (κ2) is 4.27. The Bertz CT molecular complexity index is 340. The molecule has 2 heteroatoms. The topological polar surface area (TPSA) is 37.3 Å². The number of benzene rings is 1. The van der Waals surface area contributed by atoms with Crippen molar-refractivity contribution in [1.82, 2.24) is 0 Å². The Hall–Kier alpha value is -1.31. The number of para-hydroxylation sites is 1. The first-order valence-corrected chi connectivity index (χ1v) is 4.93. The van der Waals surface area contributed by atoms with Crippen LogP contribution in [-0.2, 0) is 0 Å². The molecule has 1 aromatic carbocycles. The summed E-state index contributed by atoms with van der Waals surface area (Å²) in [6.07, 6.45) is 0.426. The smallest absolute Gasteiger partial charge is 0.166 e. The molecule has 0 heterocycles. The minimum atomic E-state index is -0.00926. The molecule has 1 N–H and O–H groups in total. The number of carbonyl (C=O) groups excluding carboxylic acids is 1. The summed E-state index contributed by atoms with van der Waals surface area (Å²) in [5.74, 6) is 0.374. The van der Waals surface area contributed by atoms with Gasteiger partial charge in [-0.25, -0.2) is 0 Å². The summed E-state index contributed by atoms with van der Waals surface area (Å²) in [6, 6.07) is 5.34. The molecule has 1 aromatic rings. The van der Waals surface area contributed by atoms with E-state index in [9.17, 15) is 9.90 Å². The monoisotopic (exact) mass is 192 g/mol. The SMILES string of the molecule is CCC(=O)c1cccc(C(C)C)c1O. The van der Waals surface area contributed by atoms with Crippen LogP contribution in [0.25, 0.3) is 0 Å². The molecule has 0 aromatic heterocycles. The Balaban J connectivity index is 3.20. The van der Waals surface area contributed by atoms with E-state index in [2.05, 4.69) is 0 Å². The first-order chi connectivity index (χ1) is 6.57. The van der Waals surface area contributed by atoms with Crippen LogP contribution < -0.4 is 0 Å². The summed E-state index contributed by atoms with van der Waals surface area (Å²) in [5.41, 5.74) is 1.28. The third kappa shape index (κ3) is 1.95. The molecular formula is C12H16O2. The van der Waals surface area contributed by atoms with Crippen LogP contribution in [0.15, 0.2) is 18.2 Å². The Morgan fingerprint density at radius 3 is 2.57 bits per heavy atom. The Morgan fingerprint density at radius 2 is 2.07 bits per heavy atom. The van der Waals surface area contributed by atoms with Crippen LogP contribution in [-0.4, -0.2) is 10.9 Å². The lowest BCUT2D eigenvalue weighted by Crippen LogP contribution is -1.99. The van der Waals surface area contributed by atoms with Crippen molar-refractivity contribution in [3.05, 3.63) is 29.3 Å². The van der Waals surface area contributed by atoms with Gasteiger partial charge >= 0.3 is 0 Å². The summed E-state index contributed by atoms with van der Waals surface area (Å²) in [5, 5.41) is 9.84. The van der Waals surface area contributed by atoms with E-state index in [1.807, 2.05) is 26.0 Å². The van der Waals surface area contributed by atoms with E-state index in [0.29, 0.717) is 12.0 Å². The Morgan fingerprint density at radius 1 is 1.43 bits per heavy atom. The predicted molar refractivity (Wildman–Crippen MR) is 56.8 cm³/mol. The average molecular weight is 192 g/mol. The molecule has 2 nitrogen and oxygen atoms in total. The number of phenols is 1. The van der Waals surface area contributed by atoms with E-state index in [0.717, 1.165) is 5.56 Å². The molecule has 0 saturated carbocycles. The standard InChI is InChI=1S/C12H16O2/c1-4-11(13)10-7-5-6-9(8(2)3)12(10)14/h5-8,14H,4H2,1-3H3. The fourth-order valence-electron chi connectivity index (χ4n) is 1.44. The lowest BCUT2D eigenvalue weighted by atomic mass is 9.97. The normalized spacial score (nSPS) is 10.6. The molecule has 0 aliphatic carbocycles. The number of carbonyl (C=O) groups is 1. The number of ketones is 1. The van der Waals surface area contributed by atoms with E-state index in [1.165, 1.54) is 0 Å². The molecule has 0 spiro atoms. The van der Waals surface area contributed by atoms with Crippen LogP contribution in [0, 0.1) is 0 Å². The minimum Gasteiger partial charge on any atom is -0.507 e. The van der Waals surface area contributed by atoms with Gasteiger partial charge in [-0.15, -0.1) is 0 Å². The second-order valence-corrected chi connectivity index (χ2v) is 3.67. The molecule has 0 bridgehead atoms.